The molecule has 1 atom stereocenters. The molecule has 0 radical (unpaired) electrons. The lowest BCUT2D eigenvalue weighted by Gasteiger charge is -2.28. The maximum Gasteiger partial charge on any atom is 0.410 e. The van der Waals surface area contributed by atoms with Gasteiger partial charge in [0.15, 0.2) is 0 Å². The van der Waals surface area contributed by atoms with Crippen LogP contribution in [0.25, 0.3) is 0 Å². The number of aliphatic hydroxyl groups is 1. The highest BCUT2D eigenvalue weighted by Gasteiger charge is 2.23. The van der Waals surface area contributed by atoms with Gasteiger partial charge in [0.25, 0.3) is 0 Å². The third-order valence-corrected chi connectivity index (χ3v) is 3.43. The Hall–Kier alpha value is -1.79. The van der Waals surface area contributed by atoms with Gasteiger partial charge in [-0.2, -0.15) is 0 Å². The van der Waals surface area contributed by atoms with Gasteiger partial charge in [-0.25, -0.2) is 4.79 Å². The number of hydrogen-bond acceptors (Lipinski definition) is 5. The third kappa shape index (κ3) is 8.74. The van der Waals surface area contributed by atoms with Gasteiger partial charge in [0, 0.05) is 13.7 Å². The SMILES string of the molecule is CCN(CC(O)COc1ccc(CCOC)cc1)C(=O)OC(C)(C)C. The van der Waals surface area contributed by atoms with Crippen molar-refractivity contribution in [2.75, 3.05) is 33.4 Å². The van der Waals surface area contributed by atoms with E-state index in [2.05, 4.69) is 0 Å². The van der Waals surface area contributed by atoms with Crippen molar-refractivity contribution in [2.45, 2.75) is 45.8 Å². The van der Waals surface area contributed by atoms with E-state index in [9.17, 15) is 9.90 Å². The van der Waals surface area contributed by atoms with E-state index in [1.54, 1.807) is 7.11 Å². The molecule has 1 amide bonds. The van der Waals surface area contributed by atoms with Gasteiger partial charge in [0.2, 0.25) is 0 Å². The van der Waals surface area contributed by atoms with E-state index in [4.69, 9.17) is 14.2 Å². The Morgan fingerprint density at radius 3 is 2.40 bits per heavy atom. The van der Waals surface area contributed by atoms with Crippen molar-refractivity contribution in [2.24, 2.45) is 0 Å². The molecule has 1 N–H and O–H groups in total. The molecule has 6 nitrogen and oxygen atoms in total. The van der Waals surface area contributed by atoms with E-state index in [0.29, 0.717) is 18.9 Å². The van der Waals surface area contributed by atoms with Crippen LogP contribution in [0.3, 0.4) is 0 Å². The van der Waals surface area contributed by atoms with E-state index >= 15 is 0 Å². The molecule has 1 aromatic rings. The Morgan fingerprint density at radius 2 is 1.88 bits per heavy atom. The number of ether oxygens (including phenoxy) is 3. The smallest absolute Gasteiger partial charge is 0.410 e. The Kier molecular flexibility index (Phi) is 8.72. The predicted octanol–water partition coefficient (Wildman–Crippen LogP) is 2.87. The lowest BCUT2D eigenvalue weighted by molar-refractivity contribution is 0.0105. The van der Waals surface area contributed by atoms with Gasteiger partial charge in [-0.3, -0.25) is 0 Å². The lowest BCUT2D eigenvalue weighted by Crippen LogP contribution is -2.42. The minimum atomic E-state index is -0.791. The van der Waals surface area contributed by atoms with Crippen LogP contribution in [0.4, 0.5) is 4.79 Å². The molecule has 0 saturated carbocycles. The summed E-state index contributed by atoms with van der Waals surface area (Å²) in [7, 11) is 1.68. The van der Waals surface area contributed by atoms with Crippen molar-refractivity contribution in [3.63, 3.8) is 0 Å². The zero-order valence-electron chi connectivity index (χ0n) is 15.9. The maximum absolute atomic E-state index is 12.1. The van der Waals surface area contributed by atoms with E-state index in [-0.39, 0.29) is 13.2 Å². The van der Waals surface area contributed by atoms with Crippen LogP contribution in [-0.2, 0) is 15.9 Å². The number of methoxy groups -OCH3 is 1. The predicted molar refractivity (Wildman–Crippen MR) is 97.0 cm³/mol. The van der Waals surface area contributed by atoms with Crippen molar-refractivity contribution >= 4 is 6.09 Å². The fourth-order valence-electron chi connectivity index (χ4n) is 2.13. The average Bonchev–Trinajstić information content (AvgIpc) is 2.55. The van der Waals surface area contributed by atoms with E-state index in [0.717, 1.165) is 12.0 Å². The number of likely N-dealkylation sites (N-methyl/N-ethyl adjacent to an activating group) is 1. The first-order chi connectivity index (χ1) is 11.7. The Balaban J connectivity index is 2.44. The molecule has 0 aliphatic carbocycles. The number of nitrogens with zero attached hydrogens (tertiary/aromatic N) is 1. The second-order valence-corrected chi connectivity index (χ2v) is 6.87. The minimum Gasteiger partial charge on any atom is -0.491 e. The minimum absolute atomic E-state index is 0.108. The molecule has 0 saturated heterocycles. The summed E-state index contributed by atoms with van der Waals surface area (Å²) in [6, 6.07) is 7.67. The Labute approximate surface area is 150 Å². The first-order valence-corrected chi connectivity index (χ1v) is 8.61. The zero-order valence-corrected chi connectivity index (χ0v) is 15.9. The van der Waals surface area contributed by atoms with Gasteiger partial charge in [0.05, 0.1) is 13.2 Å². The van der Waals surface area contributed by atoms with Crippen molar-refractivity contribution in [1.29, 1.82) is 0 Å². The fourth-order valence-corrected chi connectivity index (χ4v) is 2.13. The van der Waals surface area contributed by atoms with Crippen molar-refractivity contribution < 1.29 is 24.1 Å². The molecule has 0 fully saturated rings. The molecule has 0 heterocycles. The summed E-state index contributed by atoms with van der Waals surface area (Å²) in [5, 5.41) is 10.1. The first kappa shape index (κ1) is 21.3. The van der Waals surface area contributed by atoms with Crippen molar-refractivity contribution in [3.8, 4) is 5.75 Å². The van der Waals surface area contributed by atoms with E-state index in [1.807, 2.05) is 52.0 Å². The van der Waals surface area contributed by atoms with Gasteiger partial charge in [0.1, 0.15) is 24.1 Å². The highest BCUT2D eigenvalue weighted by Crippen LogP contribution is 2.14. The summed E-state index contributed by atoms with van der Waals surface area (Å²) < 4.78 is 16.0. The van der Waals surface area contributed by atoms with Crippen LogP contribution < -0.4 is 4.74 Å². The van der Waals surface area contributed by atoms with Crippen LogP contribution in [0.5, 0.6) is 5.75 Å². The number of benzene rings is 1. The first-order valence-electron chi connectivity index (χ1n) is 8.61. The van der Waals surface area contributed by atoms with Crippen LogP contribution >= 0.6 is 0 Å². The average molecular weight is 353 g/mol. The van der Waals surface area contributed by atoms with Crippen molar-refractivity contribution in [3.05, 3.63) is 29.8 Å². The van der Waals surface area contributed by atoms with Gasteiger partial charge in [-0.15, -0.1) is 0 Å². The van der Waals surface area contributed by atoms with Crippen LogP contribution in [-0.4, -0.2) is 61.2 Å². The van der Waals surface area contributed by atoms with E-state index in [1.165, 1.54) is 4.90 Å². The normalized spacial score (nSPS) is 12.6. The van der Waals surface area contributed by atoms with Crippen LogP contribution in [0.1, 0.15) is 33.3 Å². The summed E-state index contributed by atoms with van der Waals surface area (Å²) in [5.41, 5.74) is 0.605. The molecular weight excluding hydrogens is 322 g/mol. The molecule has 1 rings (SSSR count). The van der Waals surface area contributed by atoms with Gasteiger partial charge >= 0.3 is 6.09 Å². The zero-order chi connectivity index (χ0) is 18.9. The highest BCUT2D eigenvalue weighted by atomic mass is 16.6. The Bertz CT molecular complexity index is 510. The monoisotopic (exact) mass is 353 g/mol. The molecule has 0 bridgehead atoms. The summed E-state index contributed by atoms with van der Waals surface area (Å²) in [4.78, 5) is 13.5. The Morgan fingerprint density at radius 1 is 1.24 bits per heavy atom. The molecular formula is C19H31NO5. The largest absolute Gasteiger partial charge is 0.491 e. The van der Waals surface area contributed by atoms with Crippen molar-refractivity contribution in [1.82, 2.24) is 4.90 Å². The molecule has 6 heteroatoms. The van der Waals surface area contributed by atoms with Gasteiger partial charge in [-0.1, -0.05) is 12.1 Å². The lowest BCUT2D eigenvalue weighted by atomic mass is 10.1. The second-order valence-electron chi connectivity index (χ2n) is 6.87. The standard InChI is InChI=1S/C19H31NO5/c1-6-20(18(22)25-19(2,3)4)13-16(21)14-24-17-9-7-15(8-10-17)11-12-23-5/h7-10,16,21H,6,11-14H2,1-5H3. The third-order valence-electron chi connectivity index (χ3n) is 3.43. The molecule has 1 aromatic carbocycles. The maximum atomic E-state index is 12.1. The summed E-state index contributed by atoms with van der Waals surface area (Å²) >= 11 is 0. The molecule has 0 aliphatic rings. The topological polar surface area (TPSA) is 68.2 Å². The van der Waals surface area contributed by atoms with Crippen LogP contribution in [0.15, 0.2) is 24.3 Å². The quantitative estimate of drug-likeness (QED) is 0.739. The van der Waals surface area contributed by atoms with E-state index < -0.39 is 17.8 Å². The highest BCUT2D eigenvalue weighted by molar-refractivity contribution is 5.68. The number of carbonyl (C=O) groups excluding carboxylic acids is 1. The molecule has 0 aliphatic heterocycles. The number of carbonyl (C=O) groups is 1. The number of hydrogen-bond donors (Lipinski definition) is 1. The van der Waals surface area contributed by atoms with Crippen LogP contribution in [0, 0.1) is 0 Å². The van der Waals surface area contributed by atoms with Crippen LogP contribution in [0.2, 0.25) is 0 Å². The molecule has 1 unspecified atom stereocenters. The summed E-state index contributed by atoms with van der Waals surface area (Å²) in [6.07, 6.45) is -0.377. The number of rotatable bonds is 9. The fraction of sp³-hybridized carbons (Fsp3) is 0.632. The summed E-state index contributed by atoms with van der Waals surface area (Å²) in [6.45, 7) is 8.69. The van der Waals surface area contributed by atoms with Gasteiger partial charge in [-0.05, 0) is 51.8 Å². The summed E-state index contributed by atoms with van der Waals surface area (Å²) in [5.74, 6) is 0.681. The molecule has 0 spiro atoms. The molecule has 142 valence electrons. The number of aliphatic hydroxyl groups excluding tert-OH is 1. The van der Waals surface area contributed by atoms with Gasteiger partial charge < -0.3 is 24.2 Å². The number of amides is 1. The molecule has 0 aromatic heterocycles. The second kappa shape index (κ2) is 10.3. The molecule has 25 heavy (non-hydrogen) atoms.